The number of aromatic nitrogens is 5. The summed E-state index contributed by atoms with van der Waals surface area (Å²) in [6.45, 7) is 5.91. The maximum atomic E-state index is 6.27. The summed E-state index contributed by atoms with van der Waals surface area (Å²) in [5.74, 6) is 1.36. The summed E-state index contributed by atoms with van der Waals surface area (Å²) in [4.78, 5) is 6.28. The van der Waals surface area contributed by atoms with Crippen LogP contribution in [0.1, 0.15) is 13.8 Å². The molecule has 0 aromatic carbocycles. The molecule has 7 nitrogen and oxygen atoms in total. The number of anilines is 1. The number of nitrogens with two attached hydrogens (primary N) is 1. The van der Waals surface area contributed by atoms with Crippen molar-refractivity contribution in [1.82, 2.24) is 25.0 Å². The number of rotatable bonds is 2. The molecule has 3 rings (SSSR count). The molecule has 0 amide bonds. The highest BCUT2D eigenvalue weighted by molar-refractivity contribution is 5.49. The van der Waals surface area contributed by atoms with Gasteiger partial charge in [-0.2, -0.15) is 4.52 Å². The first kappa shape index (κ1) is 10.4. The van der Waals surface area contributed by atoms with Crippen molar-refractivity contribution in [3.05, 3.63) is 12.4 Å². The third-order valence-electron chi connectivity index (χ3n) is 3.53. The summed E-state index contributed by atoms with van der Waals surface area (Å²) in [6, 6.07) is 0. The monoisotopic (exact) mass is 233 g/mol. The Morgan fingerprint density at radius 3 is 2.82 bits per heavy atom. The second kappa shape index (κ2) is 3.36. The van der Waals surface area contributed by atoms with E-state index in [2.05, 4.69) is 39.3 Å². The van der Waals surface area contributed by atoms with E-state index in [-0.39, 0.29) is 5.54 Å². The average Bonchev–Trinajstić information content (AvgIpc) is 2.72. The first-order chi connectivity index (χ1) is 8.10. The topological polar surface area (TPSA) is 85.2 Å². The third kappa shape index (κ3) is 1.46. The van der Waals surface area contributed by atoms with Gasteiger partial charge in [-0.1, -0.05) is 13.8 Å². The summed E-state index contributed by atoms with van der Waals surface area (Å²) >= 11 is 0. The molecule has 0 saturated carbocycles. The fourth-order valence-corrected chi connectivity index (χ4v) is 2.07. The lowest BCUT2D eigenvalue weighted by Gasteiger charge is -2.51. The summed E-state index contributed by atoms with van der Waals surface area (Å²) in [6.07, 6.45) is 3.41. The van der Waals surface area contributed by atoms with E-state index in [0.717, 1.165) is 18.9 Å². The summed E-state index contributed by atoms with van der Waals surface area (Å²) in [5.41, 5.74) is 6.81. The fraction of sp³-hybridized carbons (Fsp3) is 0.600. The lowest BCUT2D eigenvalue weighted by atomic mass is 9.80. The Kier molecular flexibility index (Phi) is 2.06. The summed E-state index contributed by atoms with van der Waals surface area (Å²) in [7, 11) is 0. The largest absolute Gasteiger partial charge is 0.351 e. The number of hydrogen-bond acceptors (Lipinski definition) is 6. The molecular weight excluding hydrogens is 218 g/mol. The fourth-order valence-electron chi connectivity index (χ4n) is 2.07. The number of nitrogens with zero attached hydrogens (tertiary/aromatic N) is 6. The molecule has 1 aliphatic heterocycles. The minimum atomic E-state index is -0.115. The predicted molar refractivity (Wildman–Crippen MR) is 62.5 cm³/mol. The van der Waals surface area contributed by atoms with E-state index in [1.165, 1.54) is 0 Å². The maximum absolute atomic E-state index is 6.27. The van der Waals surface area contributed by atoms with Crippen molar-refractivity contribution in [1.29, 1.82) is 0 Å². The van der Waals surface area contributed by atoms with Crippen LogP contribution in [-0.2, 0) is 0 Å². The molecule has 0 unspecified atom stereocenters. The number of fused-ring (bicyclic) bond motifs is 1. The van der Waals surface area contributed by atoms with Crippen molar-refractivity contribution < 1.29 is 0 Å². The molecule has 1 saturated heterocycles. The molecular formula is C10H15N7. The van der Waals surface area contributed by atoms with Gasteiger partial charge in [0.1, 0.15) is 0 Å². The Balaban J connectivity index is 1.90. The van der Waals surface area contributed by atoms with Gasteiger partial charge in [-0.05, 0) is 16.3 Å². The van der Waals surface area contributed by atoms with Crippen LogP contribution in [0.5, 0.6) is 0 Å². The van der Waals surface area contributed by atoms with Crippen molar-refractivity contribution in [3.8, 4) is 0 Å². The molecule has 7 heteroatoms. The normalized spacial score (nSPS) is 18.7. The van der Waals surface area contributed by atoms with Gasteiger partial charge in [0.05, 0.1) is 17.9 Å². The SMILES string of the molecule is CC(C)C1(N)CN(c2cncc3nnnn23)C1. The molecule has 17 heavy (non-hydrogen) atoms. The average molecular weight is 233 g/mol. The molecule has 1 fully saturated rings. The van der Waals surface area contributed by atoms with Gasteiger partial charge in [0.15, 0.2) is 11.5 Å². The van der Waals surface area contributed by atoms with E-state index >= 15 is 0 Å². The zero-order valence-corrected chi connectivity index (χ0v) is 9.91. The molecule has 0 atom stereocenters. The standard InChI is InChI=1S/C10H15N7/c1-7(2)10(11)5-16(6-10)9-4-12-3-8-13-14-15-17(8)9/h3-4,7H,5-6,11H2,1-2H3. The molecule has 90 valence electrons. The van der Waals surface area contributed by atoms with E-state index in [1.54, 1.807) is 16.9 Å². The second-order valence-electron chi connectivity index (χ2n) is 4.96. The van der Waals surface area contributed by atoms with Gasteiger partial charge in [-0.25, -0.2) is 0 Å². The van der Waals surface area contributed by atoms with Gasteiger partial charge in [0.2, 0.25) is 0 Å². The van der Waals surface area contributed by atoms with Crippen molar-refractivity contribution in [2.75, 3.05) is 18.0 Å². The van der Waals surface area contributed by atoms with Crippen LogP contribution in [0, 0.1) is 5.92 Å². The zero-order chi connectivity index (χ0) is 12.0. The van der Waals surface area contributed by atoms with Crippen LogP contribution in [0.25, 0.3) is 5.65 Å². The van der Waals surface area contributed by atoms with E-state index in [4.69, 9.17) is 5.73 Å². The first-order valence-corrected chi connectivity index (χ1v) is 5.66. The summed E-state index contributed by atoms with van der Waals surface area (Å²) in [5, 5.41) is 11.5. The molecule has 2 aromatic rings. The van der Waals surface area contributed by atoms with Crippen LogP contribution in [0.3, 0.4) is 0 Å². The minimum absolute atomic E-state index is 0.115. The van der Waals surface area contributed by atoms with Crippen LogP contribution >= 0.6 is 0 Å². The smallest absolute Gasteiger partial charge is 0.199 e. The molecule has 0 aliphatic carbocycles. The molecule has 0 bridgehead atoms. The van der Waals surface area contributed by atoms with Gasteiger partial charge in [0, 0.05) is 13.1 Å². The Hall–Kier alpha value is -1.76. The minimum Gasteiger partial charge on any atom is -0.351 e. The highest BCUT2D eigenvalue weighted by Crippen LogP contribution is 2.30. The second-order valence-corrected chi connectivity index (χ2v) is 4.96. The van der Waals surface area contributed by atoms with Gasteiger partial charge >= 0.3 is 0 Å². The molecule has 2 aromatic heterocycles. The quantitative estimate of drug-likeness (QED) is 0.766. The van der Waals surface area contributed by atoms with Gasteiger partial charge < -0.3 is 10.6 Å². The molecule has 0 spiro atoms. The Morgan fingerprint density at radius 2 is 2.12 bits per heavy atom. The van der Waals surface area contributed by atoms with Crippen LogP contribution in [0.15, 0.2) is 12.4 Å². The van der Waals surface area contributed by atoms with Gasteiger partial charge in [0.25, 0.3) is 0 Å². The summed E-state index contributed by atoms with van der Waals surface area (Å²) < 4.78 is 1.69. The highest BCUT2D eigenvalue weighted by atomic mass is 15.5. The lowest BCUT2D eigenvalue weighted by molar-refractivity contribution is 0.242. The van der Waals surface area contributed by atoms with Crippen LogP contribution in [-0.4, -0.2) is 43.7 Å². The van der Waals surface area contributed by atoms with Gasteiger partial charge in [-0.3, -0.25) is 4.98 Å². The van der Waals surface area contributed by atoms with Crippen LogP contribution < -0.4 is 10.6 Å². The Bertz CT molecular complexity index is 540. The van der Waals surface area contributed by atoms with E-state index in [9.17, 15) is 0 Å². The van der Waals surface area contributed by atoms with Crippen molar-refractivity contribution in [2.24, 2.45) is 11.7 Å². The lowest BCUT2D eigenvalue weighted by Crippen LogP contribution is -2.70. The van der Waals surface area contributed by atoms with E-state index in [0.29, 0.717) is 11.6 Å². The Labute approximate surface area is 98.6 Å². The number of tetrazole rings is 1. The first-order valence-electron chi connectivity index (χ1n) is 5.66. The predicted octanol–water partition coefficient (Wildman–Crippen LogP) is -0.307. The van der Waals surface area contributed by atoms with Crippen molar-refractivity contribution in [3.63, 3.8) is 0 Å². The number of hydrogen-bond donors (Lipinski definition) is 1. The maximum Gasteiger partial charge on any atom is 0.199 e. The molecule has 3 heterocycles. The van der Waals surface area contributed by atoms with E-state index in [1.807, 2.05) is 0 Å². The van der Waals surface area contributed by atoms with Gasteiger partial charge in [-0.15, -0.1) is 5.10 Å². The van der Waals surface area contributed by atoms with E-state index < -0.39 is 0 Å². The van der Waals surface area contributed by atoms with Crippen LogP contribution in [0.4, 0.5) is 5.82 Å². The molecule has 1 aliphatic rings. The third-order valence-corrected chi connectivity index (χ3v) is 3.53. The zero-order valence-electron chi connectivity index (χ0n) is 9.91. The molecule has 2 N–H and O–H groups in total. The Morgan fingerprint density at radius 1 is 1.35 bits per heavy atom. The van der Waals surface area contributed by atoms with Crippen molar-refractivity contribution >= 4 is 11.5 Å². The highest BCUT2D eigenvalue weighted by Gasteiger charge is 2.43. The van der Waals surface area contributed by atoms with Crippen molar-refractivity contribution in [2.45, 2.75) is 19.4 Å². The molecule has 0 radical (unpaired) electrons. The van der Waals surface area contributed by atoms with Crippen LogP contribution in [0.2, 0.25) is 0 Å².